The number of nitrogens with zero attached hydrogens (tertiary/aromatic N) is 2. The first kappa shape index (κ1) is 17.4. The minimum absolute atomic E-state index is 0.165. The fraction of sp³-hybridized carbons (Fsp3) is 0.150. The number of aromatic nitrogens is 2. The van der Waals surface area contributed by atoms with E-state index in [1.807, 2.05) is 37.3 Å². The van der Waals surface area contributed by atoms with Crippen molar-refractivity contribution in [3.8, 4) is 5.69 Å². The van der Waals surface area contributed by atoms with Gasteiger partial charge in [-0.05, 0) is 26.0 Å². The van der Waals surface area contributed by atoms with Crippen LogP contribution in [0, 0.1) is 6.92 Å². The fourth-order valence-electron chi connectivity index (χ4n) is 2.55. The highest BCUT2D eigenvalue weighted by atomic mass is 16.5. The summed E-state index contributed by atoms with van der Waals surface area (Å²) < 4.78 is 6.57. The number of aryl methyl sites for hydroxylation is 1. The van der Waals surface area contributed by atoms with Gasteiger partial charge >= 0.3 is 6.09 Å². The third kappa shape index (κ3) is 3.64. The van der Waals surface area contributed by atoms with Crippen LogP contribution in [-0.2, 0) is 4.74 Å². The van der Waals surface area contributed by atoms with E-state index in [2.05, 4.69) is 10.3 Å². The number of benzene rings is 2. The lowest BCUT2D eigenvalue weighted by atomic mass is 10.1. The second-order valence-electron chi connectivity index (χ2n) is 5.69. The van der Waals surface area contributed by atoms with Crippen molar-refractivity contribution in [2.24, 2.45) is 0 Å². The summed E-state index contributed by atoms with van der Waals surface area (Å²) in [4.78, 5) is 29.1. The Morgan fingerprint density at radius 2 is 1.77 bits per heavy atom. The molecule has 0 bridgehead atoms. The number of nitrogens with one attached hydrogen (secondary N) is 1. The maximum atomic E-state index is 13.1. The van der Waals surface area contributed by atoms with E-state index in [-0.39, 0.29) is 23.9 Å². The smallest absolute Gasteiger partial charge is 0.412 e. The van der Waals surface area contributed by atoms with E-state index in [1.54, 1.807) is 35.8 Å². The topological polar surface area (TPSA) is 73.2 Å². The Labute approximate surface area is 151 Å². The normalized spacial score (nSPS) is 10.4. The molecule has 132 valence electrons. The molecule has 0 spiro atoms. The van der Waals surface area contributed by atoms with E-state index in [1.165, 1.54) is 6.33 Å². The summed E-state index contributed by atoms with van der Waals surface area (Å²) in [5.41, 5.74) is 2.66. The predicted molar refractivity (Wildman–Crippen MR) is 98.8 cm³/mol. The van der Waals surface area contributed by atoms with Gasteiger partial charge in [0.25, 0.3) is 0 Å². The van der Waals surface area contributed by atoms with E-state index >= 15 is 0 Å². The second kappa shape index (κ2) is 7.65. The Hall–Kier alpha value is -3.41. The maximum Gasteiger partial charge on any atom is 0.412 e. The van der Waals surface area contributed by atoms with Gasteiger partial charge in [-0.1, -0.05) is 48.0 Å². The first-order chi connectivity index (χ1) is 12.6. The van der Waals surface area contributed by atoms with Crippen LogP contribution < -0.4 is 5.32 Å². The van der Waals surface area contributed by atoms with Gasteiger partial charge in [-0.25, -0.2) is 9.78 Å². The van der Waals surface area contributed by atoms with Gasteiger partial charge in [0.15, 0.2) is 5.82 Å². The highest BCUT2D eigenvalue weighted by Crippen LogP contribution is 2.23. The summed E-state index contributed by atoms with van der Waals surface area (Å²) in [7, 11) is 0. The first-order valence-electron chi connectivity index (χ1n) is 8.28. The van der Waals surface area contributed by atoms with Gasteiger partial charge in [0.2, 0.25) is 5.78 Å². The van der Waals surface area contributed by atoms with Crippen LogP contribution in [0.1, 0.15) is 28.5 Å². The molecule has 6 heteroatoms. The zero-order valence-electron chi connectivity index (χ0n) is 14.6. The molecule has 1 aromatic heterocycles. The minimum atomic E-state index is -0.649. The van der Waals surface area contributed by atoms with Gasteiger partial charge in [0.05, 0.1) is 6.61 Å². The standard InChI is InChI=1S/C20H19N3O3/c1-3-26-20(25)22-19-17(18(24)15-7-5-4-6-8-15)23(13-21-19)16-11-9-14(2)10-12-16/h4-13H,3H2,1-2H3,(H,22,25). The summed E-state index contributed by atoms with van der Waals surface area (Å²) >= 11 is 0. The van der Waals surface area contributed by atoms with Crippen molar-refractivity contribution in [3.05, 3.63) is 77.7 Å². The molecule has 0 saturated heterocycles. The summed E-state index contributed by atoms with van der Waals surface area (Å²) in [6.07, 6.45) is 0.867. The molecule has 1 heterocycles. The number of carbonyl (C=O) groups is 2. The highest BCUT2D eigenvalue weighted by Gasteiger charge is 2.22. The second-order valence-corrected chi connectivity index (χ2v) is 5.69. The van der Waals surface area contributed by atoms with Gasteiger partial charge in [-0.2, -0.15) is 0 Å². The number of anilines is 1. The van der Waals surface area contributed by atoms with Crippen molar-refractivity contribution in [3.63, 3.8) is 0 Å². The average Bonchev–Trinajstić information content (AvgIpc) is 3.06. The number of ketones is 1. The molecule has 26 heavy (non-hydrogen) atoms. The maximum absolute atomic E-state index is 13.1. The molecule has 2 aromatic carbocycles. The number of hydrogen-bond donors (Lipinski definition) is 1. The number of ether oxygens (including phenoxy) is 1. The largest absolute Gasteiger partial charge is 0.450 e. The number of amides is 1. The summed E-state index contributed by atoms with van der Waals surface area (Å²) in [6, 6.07) is 16.6. The van der Waals surface area contributed by atoms with Crippen molar-refractivity contribution in [1.82, 2.24) is 9.55 Å². The van der Waals surface area contributed by atoms with Gasteiger partial charge in [-0.15, -0.1) is 0 Å². The molecule has 0 fully saturated rings. The van der Waals surface area contributed by atoms with Gasteiger partial charge in [0, 0.05) is 11.3 Å². The van der Waals surface area contributed by atoms with E-state index in [4.69, 9.17) is 4.74 Å². The molecule has 0 aliphatic carbocycles. The van der Waals surface area contributed by atoms with Crippen molar-refractivity contribution in [1.29, 1.82) is 0 Å². The Balaban J connectivity index is 2.07. The molecule has 0 saturated carbocycles. The lowest BCUT2D eigenvalue weighted by Gasteiger charge is -2.10. The molecule has 0 unspecified atom stereocenters. The summed E-state index contributed by atoms with van der Waals surface area (Å²) in [6.45, 7) is 3.93. The molecule has 1 amide bonds. The van der Waals surface area contributed by atoms with Crippen LogP contribution in [0.3, 0.4) is 0 Å². The van der Waals surface area contributed by atoms with Crippen LogP contribution in [0.4, 0.5) is 10.6 Å². The summed E-state index contributed by atoms with van der Waals surface area (Å²) in [5.74, 6) is -0.0756. The van der Waals surface area contributed by atoms with E-state index in [0.29, 0.717) is 5.56 Å². The Bertz CT molecular complexity index is 915. The van der Waals surface area contributed by atoms with Crippen LogP contribution in [0.15, 0.2) is 60.9 Å². The van der Waals surface area contributed by atoms with Crippen molar-refractivity contribution < 1.29 is 14.3 Å². The average molecular weight is 349 g/mol. The van der Waals surface area contributed by atoms with E-state index in [9.17, 15) is 9.59 Å². The third-order valence-corrected chi connectivity index (χ3v) is 3.83. The molecular formula is C20H19N3O3. The molecule has 0 aliphatic heterocycles. The molecule has 6 nitrogen and oxygen atoms in total. The van der Waals surface area contributed by atoms with Crippen LogP contribution in [0.5, 0.6) is 0 Å². The summed E-state index contributed by atoms with van der Waals surface area (Å²) in [5, 5.41) is 2.55. The van der Waals surface area contributed by atoms with Gasteiger partial charge in [-0.3, -0.25) is 14.7 Å². The fourth-order valence-corrected chi connectivity index (χ4v) is 2.55. The van der Waals surface area contributed by atoms with Crippen LogP contribution in [0.25, 0.3) is 5.69 Å². The lowest BCUT2D eigenvalue weighted by molar-refractivity contribution is 0.103. The molecule has 0 radical (unpaired) electrons. The molecule has 3 rings (SSSR count). The van der Waals surface area contributed by atoms with Crippen LogP contribution in [0.2, 0.25) is 0 Å². The van der Waals surface area contributed by atoms with E-state index in [0.717, 1.165) is 11.3 Å². The molecule has 3 aromatic rings. The monoisotopic (exact) mass is 349 g/mol. The Morgan fingerprint density at radius 3 is 2.42 bits per heavy atom. The van der Waals surface area contributed by atoms with Crippen molar-refractivity contribution >= 4 is 17.7 Å². The van der Waals surface area contributed by atoms with E-state index < -0.39 is 6.09 Å². The zero-order chi connectivity index (χ0) is 18.5. The minimum Gasteiger partial charge on any atom is -0.450 e. The highest BCUT2D eigenvalue weighted by molar-refractivity contribution is 6.12. The number of imidazole rings is 1. The number of rotatable bonds is 5. The number of hydrogen-bond acceptors (Lipinski definition) is 4. The first-order valence-corrected chi connectivity index (χ1v) is 8.28. The van der Waals surface area contributed by atoms with Gasteiger partial charge in [0.1, 0.15) is 12.0 Å². The molecule has 0 atom stereocenters. The number of carbonyl (C=O) groups excluding carboxylic acids is 2. The molecule has 0 aliphatic rings. The molecule has 1 N–H and O–H groups in total. The lowest BCUT2D eigenvalue weighted by Crippen LogP contribution is -2.17. The Kier molecular flexibility index (Phi) is 5.12. The Morgan fingerprint density at radius 1 is 1.08 bits per heavy atom. The predicted octanol–water partition coefficient (Wildman–Crippen LogP) is 3.98. The van der Waals surface area contributed by atoms with Crippen molar-refractivity contribution in [2.45, 2.75) is 13.8 Å². The quantitative estimate of drug-likeness (QED) is 0.707. The zero-order valence-corrected chi connectivity index (χ0v) is 14.6. The SMILES string of the molecule is CCOC(=O)Nc1ncn(-c2ccc(C)cc2)c1C(=O)c1ccccc1. The van der Waals surface area contributed by atoms with Crippen LogP contribution >= 0.6 is 0 Å². The third-order valence-electron chi connectivity index (χ3n) is 3.83. The van der Waals surface area contributed by atoms with Gasteiger partial charge < -0.3 is 4.74 Å². The molecular weight excluding hydrogens is 330 g/mol. The van der Waals surface area contributed by atoms with Crippen molar-refractivity contribution in [2.75, 3.05) is 11.9 Å². The van der Waals surface area contributed by atoms with Crippen LogP contribution in [-0.4, -0.2) is 28.0 Å².